The largest absolute Gasteiger partial charge is 0.350 e. The van der Waals surface area contributed by atoms with Gasteiger partial charge < -0.3 is 15.1 Å². The van der Waals surface area contributed by atoms with Crippen LogP contribution < -0.4 is 10.2 Å². The lowest BCUT2D eigenvalue weighted by Crippen LogP contribution is -2.52. The number of nitrogens with zero attached hydrogens (tertiary/aromatic N) is 2. The molecule has 2 aliphatic rings. The second-order valence-corrected chi connectivity index (χ2v) is 9.19. The molecule has 0 bridgehead atoms. The zero-order chi connectivity index (χ0) is 21.8. The van der Waals surface area contributed by atoms with Crippen molar-refractivity contribution in [3.8, 4) is 0 Å². The van der Waals surface area contributed by atoms with E-state index in [-0.39, 0.29) is 24.3 Å². The quantitative estimate of drug-likeness (QED) is 0.730. The van der Waals surface area contributed by atoms with Crippen LogP contribution in [-0.2, 0) is 20.9 Å². The monoisotopic (exact) mass is 437 g/mol. The topological polar surface area (TPSA) is 69.7 Å². The number of rotatable bonds is 5. The predicted molar refractivity (Wildman–Crippen MR) is 122 cm³/mol. The molecule has 1 unspecified atom stereocenters. The molecule has 0 radical (unpaired) electrons. The fourth-order valence-corrected chi connectivity index (χ4v) is 5.11. The van der Waals surface area contributed by atoms with Crippen LogP contribution in [0.2, 0.25) is 0 Å². The Bertz CT molecular complexity index is 970. The van der Waals surface area contributed by atoms with Crippen LogP contribution in [0.3, 0.4) is 0 Å². The first-order valence-electron chi connectivity index (χ1n) is 10.7. The molecule has 2 aromatic carbocycles. The Hall–Kier alpha value is -2.80. The Morgan fingerprint density at radius 2 is 1.74 bits per heavy atom. The van der Waals surface area contributed by atoms with Gasteiger partial charge in [0.05, 0.1) is 5.69 Å². The first-order valence-corrected chi connectivity index (χ1v) is 11.6. The summed E-state index contributed by atoms with van der Waals surface area (Å²) in [6, 6.07) is 15.4. The maximum absolute atomic E-state index is 13.3. The van der Waals surface area contributed by atoms with E-state index in [0.717, 1.165) is 35.3 Å². The van der Waals surface area contributed by atoms with Crippen molar-refractivity contribution >= 4 is 35.2 Å². The molecular formula is C24H27N3O3S. The number of benzene rings is 2. The lowest BCUT2D eigenvalue weighted by molar-refractivity contribution is -0.135. The molecule has 0 spiro atoms. The number of fused-ring (bicyclic) bond motifs is 1. The van der Waals surface area contributed by atoms with Gasteiger partial charge in [-0.25, -0.2) is 0 Å². The molecular weight excluding hydrogens is 410 g/mol. The van der Waals surface area contributed by atoms with E-state index in [2.05, 4.69) is 5.32 Å². The summed E-state index contributed by atoms with van der Waals surface area (Å²) < 4.78 is 0. The second kappa shape index (κ2) is 9.56. The van der Waals surface area contributed by atoms with E-state index in [0.29, 0.717) is 25.3 Å². The van der Waals surface area contributed by atoms with Crippen molar-refractivity contribution in [2.75, 3.05) is 24.5 Å². The number of para-hydroxylation sites is 1. The number of likely N-dealkylation sites (tertiary alicyclic amines) is 1. The maximum atomic E-state index is 13.3. The van der Waals surface area contributed by atoms with E-state index in [1.165, 1.54) is 16.7 Å². The Morgan fingerprint density at radius 3 is 2.48 bits per heavy atom. The standard InChI is InChI=1S/C24H27N3O3S/c1-17-9-11-18(12-10-17)15-25-21(28)16-27-19-7-3-4-8-20(19)31-22(24(27)30)23(29)26-13-5-2-6-14-26/h3-4,7-12,22H,2,5-6,13-16H2,1H3,(H,25,28). The summed E-state index contributed by atoms with van der Waals surface area (Å²) in [5.74, 6) is -0.709. The number of carbonyl (C=O) groups is 3. The van der Waals surface area contributed by atoms with Crippen LogP contribution >= 0.6 is 11.8 Å². The van der Waals surface area contributed by atoms with Gasteiger partial charge in [-0.15, -0.1) is 11.8 Å². The number of aryl methyl sites for hydroxylation is 1. The van der Waals surface area contributed by atoms with Crippen molar-refractivity contribution < 1.29 is 14.4 Å². The molecule has 31 heavy (non-hydrogen) atoms. The smallest absolute Gasteiger partial charge is 0.250 e. The minimum absolute atomic E-state index is 0.105. The minimum atomic E-state index is -0.835. The Balaban J connectivity index is 1.48. The van der Waals surface area contributed by atoms with Gasteiger partial charge in [-0.05, 0) is 43.9 Å². The Kier molecular flexibility index (Phi) is 6.61. The highest BCUT2D eigenvalue weighted by atomic mass is 32.2. The van der Waals surface area contributed by atoms with Gasteiger partial charge in [0.15, 0.2) is 5.25 Å². The van der Waals surface area contributed by atoms with Gasteiger partial charge in [-0.3, -0.25) is 14.4 Å². The van der Waals surface area contributed by atoms with E-state index in [1.54, 1.807) is 4.90 Å². The van der Waals surface area contributed by atoms with E-state index >= 15 is 0 Å². The third-order valence-electron chi connectivity index (χ3n) is 5.70. The van der Waals surface area contributed by atoms with E-state index < -0.39 is 5.25 Å². The van der Waals surface area contributed by atoms with Gasteiger partial charge in [-0.1, -0.05) is 42.0 Å². The lowest BCUT2D eigenvalue weighted by atomic mass is 10.1. The maximum Gasteiger partial charge on any atom is 0.250 e. The zero-order valence-corrected chi connectivity index (χ0v) is 18.5. The second-order valence-electron chi connectivity index (χ2n) is 8.04. The molecule has 3 amide bonds. The van der Waals surface area contributed by atoms with Crippen LogP contribution in [-0.4, -0.2) is 47.5 Å². The fraction of sp³-hybridized carbons (Fsp3) is 0.375. The minimum Gasteiger partial charge on any atom is -0.350 e. The van der Waals surface area contributed by atoms with Crippen molar-refractivity contribution in [1.82, 2.24) is 10.2 Å². The van der Waals surface area contributed by atoms with Crippen LogP contribution in [0.5, 0.6) is 0 Å². The molecule has 7 heteroatoms. The van der Waals surface area contributed by atoms with Gasteiger partial charge >= 0.3 is 0 Å². The molecule has 2 heterocycles. The van der Waals surface area contributed by atoms with Crippen LogP contribution in [0.15, 0.2) is 53.4 Å². The fourth-order valence-electron chi connectivity index (χ4n) is 3.92. The average Bonchev–Trinajstić information content (AvgIpc) is 2.80. The van der Waals surface area contributed by atoms with Crippen molar-refractivity contribution in [2.24, 2.45) is 0 Å². The SMILES string of the molecule is Cc1ccc(CNC(=O)CN2C(=O)C(C(=O)N3CCCCC3)Sc3ccccc32)cc1. The first kappa shape index (κ1) is 21.4. The van der Waals surface area contributed by atoms with Crippen LogP contribution in [0.4, 0.5) is 5.69 Å². The third-order valence-corrected chi connectivity index (χ3v) is 6.93. The molecule has 2 aromatic rings. The number of hydrogen-bond donors (Lipinski definition) is 1. The molecule has 2 aliphatic heterocycles. The van der Waals surface area contributed by atoms with Crippen molar-refractivity contribution in [1.29, 1.82) is 0 Å². The van der Waals surface area contributed by atoms with Gasteiger partial charge in [-0.2, -0.15) is 0 Å². The van der Waals surface area contributed by atoms with Crippen LogP contribution in [0.1, 0.15) is 30.4 Å². The summed E-state index contributed by atoms with van der Waals surface area (Å²) in [4.78, 5) is 43.2. The normalized spacial score (nSPS) is 18.5. The zero-order valence-electron chi connectivity index (χ0n) is 17.7. The average molecular weight is 438 g/mol. The molecule has 1 saturated heterocycles. The third kappa shape index (κ3) is 4.93. The number of amides is 3. The Morgan fingerprint density at radius 1 is 1.03 bits per heavy atom. The van der Waals surface area contributed by atoms with Crippen molar-refractivity contribution in [3.05, 3.63) is 59.7 Å². The molecule has 1 atom stereocenters. The molecule has 0 saturated carbocycles. The number of thioether (sulfide) groups is 1. The summed E-state index contributed by atoms with van der Waals surface area (Å²) in [6.07, 6.45) is 3.06. The van der Waals surface area contributed by atoms with E-state index in [4.69, 9.17) is 0 Å². The van der Waals surface area contributed by atoms with Gasteiger partial charge in [0.25, 0.3) is 5.91 Å². The molecule has 6 nitrogen and oxygen atoms in total. The molecule has 4 rings (SSSR count). The molecule has 0 aromatic heterocycles. The van der Waals surface area contributed by atoms with Gasteiger partial charge in [0.1, 0.15) is 6.54 Å². The highest BCUT2D eigenvalue weighted by Crippen LogP contribution is 2.39. The molecule has 0 aliphatic carbocycles. The van der Waals surface area contributed by atoms with E-state index in [9.17, 15) is 14.4 Å². The number of anilines is 1. The number of carbonyl (C=O) groups excluding carboxylic acids is 3. The lowest BCUT2D eigenvalue weighted by Gasteiger charge is -2.36. The van der Waals surface area contributed by atoms with Crippen LogP contribution in [0, 0.1) is 6.92 Å². The number of piperidine rings is 1. The summed E-state index contributed by atoms with van der Waals surface area (Å²) in [7, 11) is 0. The summed E-state index contributed by atoms with van der Waals surface area (Å²) in [5, 5.41) is 2.05. The summed E-state index contributed by atoms with van der Waals surface area (Å²) in [5.41, 5.74) is 2.84. The van der Waals surface area contributed by atoms with Crippen molar-refractivity contribution in [3.63, 3.8) is 0 Å². The predicted octanol–water partition coefficient (Wildman–Crippen LogP) is 3.13. The highest BCUT2D eigenvalue weighted by Gasteiger charge is 2.40. The van der Waals surface area contributed by atoms with Gasteiger partial charge in [0, 0.05) is 24.5 Å². The summed E-state index contributed by atoms with van der Waals surface area (Å²) >= 11 is 1.30. The molecule has 1 fully saturated rings. The molecule has 1 N–H and O–H groups in total. The first-order chi connectivity index (χ1) is 15.0. The number of nitrogens with one attached hydrogen (secondary N) is 1. The summed E-state index contributed by atoms with van der Waals surface area (Å²) in [6.45, 7) is 3.70. The highest BCUT2D eigenvalue weighted by molar-refractivity contribution is 8.01. The number of hydrogen-bond acceptors (Lipinski definition) is 4. The van der Waals surface area contributed by atoms with Crippen molar-refractivity contribution in [2.45, 2.75) is 42.9 Å². The van der Waals surface area contributed by atoms with Crippen LogP contribution in [0.25, 0.3) is 0 Å². The van der Waals surface area contributed by atoms with E-state index in [1.807, 2.05) is 55.5 Å². The molecule has 162 valence electrons. The van der Waals surface area contributed by atoms with Gasteiger partial charge in [0.2, 0.25) is 11.8 Å². The Labute approximate surface area is 187 Å².